The third kappa shape index (κ3) is 5.92. The number of hydrogen-bond donors (Lipinski definition) is 1. The number of esters is 1. The first-order valence-electron chi connectivity index (χ1n) is 4.06. The van der Waals surface area contributed by atoms with E-state index in [-0.39, 0.29) is 12.4 Å². The highest BCUT2D eigenvalue weighted by Crippen LogP contribution is 2.03. The molecule has 3 nitrogen and oxygen atoms in total. The molecule has 0 amide bonds. The van der Waals surface area contributed by atoms with Gasteiger partial charge in [-0.2, -0.15) is 0 Å². The van der Waals surface area contributed by atoms with Gasteiger partial charge in [-0.15, -0.1) is 0 Å². The van der Waals surface area contributed by atoms with Crippen molar-refractivity contribution in [2.45, 2.75) is 32.3 Å². The molecule has 0 spiro atoms. The van der Waals surface area contributed by atoms with Gasteiger partial charge in [0.05, 0.1) is 19.6 Å². The highest BCUT2D eigenvalue weighted by molar-refractivity contribution is 5.69. The fraction of sp³-hybridized carbons (Fsp3) is 0.667. The van der Waals surface area contributed by atoms with Crippen LogP contribution in [0.2, 0.25) is 0 Å². The molecule has 0 aromatic heterocycles. The lowest BCUT2D eigenvalue weighted by molar-refractivity contribution is -0.142. The largest absolute Gasteiger partial charge is 0.469 e. The Morgan fingerprint density at radius 1 is 1.67 bits per heavy atom. The first-order valence-corrected chi connectivity index (χ1v) is 4.06. The quantitative estimate of drug-likeness (QED) is 0.501. The lowest BCUT2D eigenvalue weighted by Crippen LogP contribution is -2.13. The minimum Gasteiger partial charge on any atom is -0.469 e. The Kier molecular flexibility index (Phi) is 6.38. The summed E-state index contributed by atoms with van der Waals surface area (Å²) in [4.78, 5) is 10.7. The summed E-state index contributed by atoms with van der Waals surface area (Å²) in [5, 5.41) is 9.24. The molecule has 0 aliphatic heterocycles. The number of rotatable bonds is 5. The average Bonchev–Trinajstić information content (AvgIpc) is 2.05. The molecular formula is C9H16O3. The average molecular weight is 172 g/mol. The van der Waals surface area contributed by atoms with E-state index in [0.717, 1.165) is 6.42 Å². The number of aliphatic hydroxyl groups is 1. The Bertz CT molecular complexity index is 152. The van der Waals surface area contributed by atoms with Crippen LogP contribution in [0.25, 0.3) is 0 Å². The van der Waals surface area contributed by atoms with E-state index >= 15 is 0 Å². The van der Waals surface area contributed by atoms with Crippen molar-refractivity contribution in [3.05, 3.63) is 12.2 Å². The molecule has 0 bridgehead atoms. The minimum absolute atomic E-state index is 0.0913. The van der Waals surface area contributed by atoms with Gasteiger partial charge in [-0.3, -0.25) is 4.79 Å². The van der Waals surface area contributed by atoms with Gasteiger partial charge >= 0.3 is 5.97 Å². The van der Waals surface area contributed by atoms with Crippen LogP contribution >= 0.6 is 0 Å². The zero-order valence-electron chi connectivity index (χ0n) is 7.62. The number of hydrogen-bond acceptors (Lipinski definition) is 3. The van der Waals surface area contributed by atoms with Gasteiger partial charge in [0, 0.05) is 0 Å². The standard InChI is InChI=1S/C9H16O3/c1-3-4-5-6-8(10)7-9(11)12-2/h3-4,8,10H,5-7H2,1-2H3/b4-3-. The smallest absolute Gasteiger partial charge is 0.308 e. The van der Waals surface area contributed by atoms with E-state index in [0.29, 0.717) is 6.42 Å². The maximum absolute atomic E-state index is 10.7. The van der Waals surface area contributed by atoms with Crippen LogP contribution in [0.15, 0.2) is 12.2 Å². The zero-order chi connectivity index (χ0) is 9.40. The monoisotopic (exact) mass is 172 g/mol. The second-order valence-electron chi connectivity index (χ2n) is 2.58. The van der Waals surface area contributed by atoms with Gasteiger partial charge in [0.25, 0.3) is 0 Å². The van der Waals surface area contributed by atoms with Crippen molar-refractivity contribution in [2.75, 3.05) is 7.11 Å². The van der Waals surface area contributed by atoms with Crippen LogP contribution in [0.3, 0.4) is 0 Å². The van der Waals surface area contributed by atoms with Gasteiger partial charge in [0.2, 0.25) is 0 Å². The molecule has 0 aliphatic rings. The number of ether oxygens (including phenoxy) is 1. The van der Waals surface area contributed by atoms with E-state index in [2.05, 4.69) is 4.74 Å². The first-order chi connectivity index (χ1) is 5.70. The molecule has 12 heavy (non-hydrogen) atoms. The van der Waals surface area contributed by atoms with Gasteiger partial charge in [-0.05, 0) is 19.8 Å². The molecule has 1 atom stereocenters. The molecular weight excluding hydrogens is 156 g/mol. The van der Waals surface area contributed by atoms with E-state index in [1.165, 1.54) is 7.11 Å². The fourth-order valence-corrected chi connectivity index (χ4v) is 0.833. The minimum atomic E-state index is -0.575. The summed E-state index contributed by atoms with van der Waals surface area (Å²) in [6, 6.07) is 0. The number of aliphatic hydroxyl groups excluding tert-OH is 1. The second-order valence-corrected chi connectivity index (χ2v) is 2.58. The number of carbonyl (C=O) groups is 1. The summed E-state index contributed by atoms with van der Waals surface area (Å²) in [5.74, 6) is -0.358. The Labute approximate surface area is 73.0 Å². The normalized spacial score (nSPS) is 13.2. The van der Waals surface area contributed by atoms with Crippen molar-refractivity contribution in [1.29, 1.82) is 0 Å². The Hall–Kier alpha value is -0.830. The van der Waals surface area contributed by atoms with Gasteiger partial charge in [-0.1, -0.05) is 12.2 Å². The van der Waals surface area contributed by atoms with E-state index < -0.39 is 6.10 Å². The Balaban J connectivity index is 3.45. The summed E-state index contributed by atoms with van der Waals surface area (Å²) in [6.45, 7) is 1.92. The van der Waals surface area contributed by atoms with E-state index in [4.69, 9.17) is 0 Å². The van der Waals surface area contributed by atoms with Crippen LogP contribution < -0.4 is 0 Å². The van der Waals surface area contributed by atoms with Gasteiger partial charge in [0.1, 0.15) is 0 Å². The van der Waals surface area contributed by atoms with Crippen molar-refractivity contribution in [3.63, 3.8) is 0 Å². The number of carbonyl (C=O) groups excluding carboxylic acids is 1. The van der Waals surface area contributed by atoms with Crippen LogP contribution in [0.1, 0.15) is 26.2 Å². The molecule has 0 rings (SSSR count). The molecule has 0 heterocycles. The lowest BCUT2D eigenvalue weighted by atomic mass is 10.1. The molecule has 0 aromatic rings. The summed E-state index contributed by atoms with van der Waals surface area (Å²) in [7, 11) is 1.32. The van der Waals surface area contributed by atoms with Crippen LogP contribution in [0.4, 0.5) is 0 Å². The second kappa shape index (κ2) is 6.85. The van der Waals surface area contributed by atoms with Gasteiger partial charge < -0.3 is 9.84 Å². The number of allylic oxidation sites excluding steroid dienone is 2. The molecule has 0 aliphatic carbocycles. The predicted octanol–water partition coefficient (Wildman–Crippen LogP) is 1.27. The van der Waals surface area contributed by atoms with Crippen molar-refractivity contribution in [2.24, 2.45) is 0 Å². The van der Waals surface area contributed by atoms with Gasteiger partial charge in [-0.25, -0.2) is 0 Å². The van der Waals surface area contributed by atoms with Crippen LogP contribution in [-0.2, 0) is 9.53 Å². The molecule has 0 radical (unpaired) electrons. The first kappa shape index (κ1) is 11.2. The van der Waals surface area contributed by atoms with Crippen LogP contribution in [0, 0.1) is 0 Å². The van der Waals surface area contributed by atoms with Crippen LogP contribution in [-0.4, -0.2) is 24.3 Å². The van der Waals surface area contributed by atoms with Crippen molar-refractivity contribution < 1.29 is 14.6 Å². The summed E-state index contributed by atoms with van der Waals surface area (Å²) < 4.78 is 4.41. The maximum atomic E-state index is 10.7. The molecule has 3 heteroatoms. The lowest BCUT2D eigenvalue weighted by Gasteiger charge is -2.06. The van der Waals surface area contributed by atoms with Crippen molar-refractivity contribution >= 4 is 5.97 Å². The summed E-state index contributed by atoms with van der Waals surface area (Å²) in [5.41, 5.74) is 0. The summed E-state index contributed by atoms with van der Waals surface area (Å²) >= 11 is 0. The Morgan fingerprint density at radius 3 is 2.83 bits per heavy atom. The highest BCUT2D eigenvalue weighted by Gasteiger charge is 2.09. The predicted molar refractivity (Wildman–Crippen MR) is 46.7 cm³/mol. The van der Waals surface area contributed by atoms with Crippen molar-refractivity contribution in [3.8, 4) is 0 Å². The molecule has 0 saturated carbocycles. The third-order valence-corrected chi connectivity index (χ3v) is 1.53. The Morgan fingerprint density at radius 2 is 2.33 bits per heavy atom. The molecule has 70 valence electrons. The molecule has 0 fully saturated rings. The maximum Gasteiger partial charge on any atom is 0.308 e. The fourth-order valence-electron chi connectivity index (χ4n) is 0.833. The topological polar surface area (TPSA) is 46.5 Å². The number of methoxy groups -OCH3 is 1. The van der Waals surface area contributed by atoms with Crippen LogP contribution in [0.5, 0.6) is 0 Å². The van der Waals surface area contributed by atoms with Crippen molar-refractivity contribution in [1.82, 2.24) is 0 Å². The van der Waals surface area contributed by atoms with E-state index in [1.807, 2.05) is 19.1 Å². The summed E-state index contributed by atoms with van der Waals surface area (Å²) in [6.07, 6.45) is 4.81. The molecule has 0 saturated heterocycles. The molecule has 1 unspecified atom stereocenters. The SMILES string of the molecule is C/C=C\CCC(O)CC(=O)OC. The van der Waals surface area contributed by atoms with Gasteiger partial charge in [0.15, 0.2) is 0 Å². The van der Waals surface area contributed by atoms with E-state index in [1.54, 1.807) is 0 Å². The van der Waals surface area contributed by atoms with E-state index in [9.17, 15) is 9.90 Å². The third-order valence-electron chi connectivity index (χ3n) is 1.53. The highest BCUT2D eigenvalue weighted by atomic mass is 16.5. The molecule has 0 aromatic carbocycles. The molecule has 1 N–H and O–H groups in total. The zero-order valence-corrected chi connectivity index (χ0v) is 7.62.